The second-order valence-electron chi connectivity index (χ2n) is 3.83. The standard InChI is InChI=1S/C13H14N2OS/c14-12-3-1-2-10(6-12)7-13(16)15-8-11-4-5-17-9-11/h1-6,9H,7-8,14H2,(H,15,16). The molecule has 0 aliphatic carbocycles. The van der Waals surface area contributed by atoms with Crippen molar-refractivity contribution in [2.45, 2.75) is 13.0 Å². The summed E-state index contributed by atoms with van der Waals surface area (Å²) in [7, 11) is 0. The summed E-state index contributed by atoms with van der Waals surface area (Å²) in [6, 6.07) is 9.40. The van der Waals surface area contributed by atoms with Gasteiger partial charge in [0.25, 0.3) is 0 Å². The predicted molar refractivity (Wildman–Crippen MR) is 70.7 cm³/mol. The summed E-state index contributed by atoms with van der Waals surface area (Å²) in [6.45, 7) is 0.588. The van der Waals surface area contributed by atoms with E-state index in [-0.39, 0.29) is 5.91 Å². The predicted octanol–water partition coefficient (Wildman–Crippen LogP) is 2.19. The number of nitrogen functional groups attached to an aromatic ring is 1. The van der Waals surface area contributed by atoms with Gasteiger partial charge in [0.05, 0.1) is 6.42 Å². The zero-order valence-electron chi connectivity index (χ0n) is 9.35. The van der Waals surface area contributed by atoms with Gasteiger partial charge in [-0.15, -0.1) is 0 Å². The van der Waals surface area contributed by atoms with Crippen LogP contribution in [0, 0.1) is 0 Å². The summed E-state index contributed by atoms with van der Waals surface area (Å²) in [6.07, 6.45) is 0.370. The summed E-state index contributed by atoms with van der Waals surface area (Å²) in [5.74, 6) is 0.0156. The Morgan fingerprint density at radius 3 is 2.88 bits per heavy atom. The second kappa shape index (κ2) is 5.50. The van der Waals surface area contributed by atoms with Crippen molar-refractivity contribution < 1.29 is 4.79 Å². The van der Waals surface area contributed by atoms with Gasteiger partial charge in [-0.2, -0.15) is 11.3 Å². The maximum atomic E-state index is 11.7. The molecular weight excluding hydrogens is 232 g/mol. The van der Waals surface area contributed by atoms with Crippen LogP contribution in [0.2, 0.25) is 0 Å². The SMILES string of the molecule is Nc1cccc(CC(=O)NCc2ccsc2)c1. The Kier molecular flexibility index (Phi) is 3.77. The van der Waals surface area contributed by atoms with Crippen LogP contribution in [0.15, 0.2) is 41.1 Å². The van der Waals surface area contributed by atoms with Crippen LogP contribution in [-0.4, -0.2) is 5.91 Å². The molecule has 0 unspecified atom stereocenters. The summed E-state index contributed by atoms with van der Waals surface area (Å²) < 4.78 is 0. The Hall–Kier alpha value is -1.81. The highest BCUT2D eigenvalue weighted by atomic mass is 32.1. The van der Waals surface area contributed by atoms with E-state index in [1.807, 2.05) is 41.1 Å². The van der Waals surface area contributed by atoms with Crippen LogP contribution >= 0.6 is 11.3 Å². The van der Waals surface area contributed by atoms with Crippen LogP contribution in [0.25, 0.3) is 0 Å². The van der Waals surface area contributed by atoms with E-state index in [1.165, 1.54) is 0 Å². The van der Waals surface area contributed by atoms with Crippen LogP contribution in [-0.2, 0) is 17.8 Å². The van der Waals surface area contributed by atoms with Gasteiger partial charge in [-0.25, -0.2) is 0 Å². The van der Waals surface area contributed by atoms with Gasteiger partial charge in [-0.1, -0.05) is 12.1 Å². The van der Waals surface area contributed by atoms with Crippen molar-refractivity contribution in [1.82, 2.24) is 5.32 Å². The molecule has 2 rings (SSSR count). The van der Waals surface area contributed by atoms with Gasteiger partial charge in [0.15, 0.2) is 0 Å². The number of benzene rings is 1. The van der Waals surface area contributed by atoms with E-state index < -0.39 is 0 Å². The van der Waals surface area contributed by atoms with E-state index in [2.05, 4.69) is 5.32 Å². The van der Waals surface area contributed by atoms with Crippen molar-refractivity contribution in [3.63, 3.8) is 0 Å². The Labute approximate surface area is 104 Å². The maximum Gasteiger partial charge on any atom is 0.224 e. The van der Waals surface area contributed by atoms with Crippen LogP contribution in [0.4, 0.5) is 5.69 Å². The first-order valence-electron chi connectivity index (χ1n) is 5.36. The van der Waals surface area contributed by atoms with Crippen LogP contribution in [0.1, 0.15) is 11.1 Å². The van der Waals surface area contributed by atoms with E-state index in [4.69, 9.17) is 5.73 Å². The van der Waals surface area contributed by atoms with Gasteiger partial charge in [0, 0.05) is 12.2 Å². The van der Waals surface area contributed by atoms with Gasteiger partial charge in [-0.05, 0) is 40.1 Å². The molecule has 1 amide bonds. The average Bonchev–Trinajstić information content (AvgIpc) is 2.79. The lowest BCUT2D eigenvalue weighted by Crippen LogP contribution is -2.24. The van der Waals surface area contributed by atoms with Crippen molar-refractivity contribution in [3.8, 4) is 0 Å². The molecule has 3 N–H and O–H groups in total. The second-order valence-corrected chi connectivity index (χ2v) is 4.61. The summed E-state index contributed by atoms with van der Waals surface area (Å²) in [4.78, 5) is 11.7. The van der Waals surface area contributed by atoms with Crippen molar-refractivity contribution >= 4 is 22.9 Å². The van der Waals surface area contributed by atoms with E-state index in [0.717, 1.165) is 11.1 Å². The number of thiophene rings is 1. The molecule has 17 heavy (non-hydrogen) atoms. The fourth-order valence-electron chi connectivity index (χ4n) is 1.54. The first-order valence-corrected chi connectivity index (χ1v) is 6.30. The molecule has 1 aromatic heterocycles. The van der Waals surface area contributed by atoms with Gasteiger partial charge < -0.3 is 11.1 Å². The van der Waals surface area contributed by atoms with Crippen LogP contribution < -0.4 is 11.1 Å². The van der Waals surface area contributed by atoms with Crippen LogP contribution in [0.5, 0.6) is 0 Å². The average molecular weight is 246 g/mol. The van der Waals surface area contributed by atoms with E-state index in [0.29, 0.717) is 18.7 Å². The Balaban J connectivity index is 1.85. The van der Waals surface area contributed by atoms with Crippen molar-refractivity contribution in [2.24, 2.45) is 0 Å². The van der Waals surface area contributed by atoms with Gasteiger partial charge in [-0.3, -0.25) is 4.79 Å². The topological polar surface area (TPSA) is 55.1 Å². The Morgan fingerprint density at radius 2 is 2.18 bits per heavy atom. The Morgan fingerprint density at radius 1 is 1.29 bits per heavy atom. The number of rotatable bonds is 4. The molecule has 1 heterocycles. The molecule has 88 valence electrons. The third-order valence-corrected chi connectivity index (χ3v) is 3.12. The minimum atomic E-state index is 0.0156. The normalized spacial score (nSPS) is 10.1. The highest BCUT2D eigenvalue weighted by Gasteiger charge is 2.03. The third-order valence-electron chi connectivity index (χ3n) is 2.39. The molecular formula is C13H14N2OS. The summed E-state index contributed by atoms with van der Waals surface area (Å²) in [5, 5.41) is 6.91. The smallest absolute Gasteiger partial charge is 0.224 e. The maximum absolute atomic E-state index is 11.7. The number of carbonyl (C=O) groups is 1. The van der Waals surface area contributed by atoms with E-state index >= 15 is 0 Å². The number of nitrogens with one attached hydrogen (secondary N) is 1. The highest BCUT2D eigenvalue weighted by molar-refractivity contribution is 7.07. The van der Waals surface area contributed by atoms with Gasteiger partial charge in [0.1, 0.15) is 0 Å². The van der Waals surface area contributed by atoms with Crippen molar-refractivity contribution in [2.75, 3.05) is 5.73 Å². The number of carbonyl (C=O) groups excluding carboxylic acids is 1. The summed E-state index contributed by atoms with van der Waals surface area (Å²) in [5.41, 5.74) is 8.42. The number of anilines is 1. The van der Waals surface area contributed by atoms with E-state index in [1.54, 1.807) is 11.3 Å². The zero-order valence-corrected chi connectivity index (χ0v) is 10.2. The molecule has 0 aliphatic rings. The molecule has 0 atom stereocenters. The molecule has 0 saturated carbocycles. The van der Waals surface area contributed by atoms with Gasteiger partial charge >= 0.3 is 0 Å². The molecule has 4 heteroatoms. The molecule has 0 spiro atoms. The van der Waals surface area contributed by atoms with Crippen molar-refractivity contribution in [1.29, 1.82) is 0 Å². The number of hydrogen-bond donors (Lipinski definition) is 2. The first-order chi connectivity index (χ1) is 8.24. The molecule has 0 radical (unpaired) electrons. The Bertz CT molecular complexity index is 494. The lowest BCUT2D eigenvalue weighted by molar-refractivity contribution is -0.120. The fourth-order valence-corrected chi connectivity index (χ4v) is 2.21. The first kappa shape index (κ1) is 11.7. The molecule has 0 aliphatic heterocycles. The molecule has 0 saturated heterocycles. The number of nitrogens with two attached hydrogens (primary N) is 1. The monoisotopic (exact) mass is 246 g/mol. The molecule has 2 aromatic rings. The molecule has 1 aromatic carbocycles. The minimum Gasteiger partial charge on any atom is -0.399 e. The largest absolute Gasteiger partial charge is 0.399 e. The minimum absolute atomic E-state index is 0.0156. The molecule has 0 fully saturated rings. The summed E-state index contributed by atoms with van der Waals surface area (Å²) >= 11 is 1.63. The highest BCUT2D eigenvalue weighted by Crippen LogP contribution is 2.08. The van der Waals surface area contributed by atoms with Crippen molar-refractivity contribution in [3.05, 3.63) is 52.2 Å². The molecule has 3 nitrogen and oxygen atoms in total. The van der Waals surface area contributed by atoms with Crippen LogP contribution in [0.3, 0.4) is 0 Å². The number of hydrogen-bond acceptors (Lipinski definition) is 3. The van der Waals surface area contributed by atoms with Gasteiger partial charge in [0.2, 0.25) is 5.91 Å². The molecule has 0 bridgehead atoms. The lowest BCUT2D eigenvalue weighted by atomic mass is 10.1. The zero-order chi connectivity index (χ0) is 12.1. The quantitative estimate of drug-likeness (QED) is 0.812. The lowest BCUT2D eigenvalue weighted by Gasteiger charge is -2.04. The fraction of sp³-hybridized carbons (Fsp3) is 0.154. The third kappa shape index (κ3) is 3.60. The number of amides is 1. The van der Waals surface area contributed by atoms with E-state index in [9.17, 15) is 4.79 Å².